The molecule has 6 nitrogen and oxygen atoms in total. The summed E-state index contributed by atoms with van der Waals surface area (Å²) in [5, 5.41) is 10.2. The van der Waals surface area contributed by atoms with Gasteiger partial charge < -0.3 is 15.4 Å². The Bertz CT molecular complexity index is 789. The summed E-state index contributed by atoms with van der Waals surface area (Å²) in [7, 11) is 5.77. The van der Waals surface area contributed by atoms with E-state index in [9.17, 15) is 0 Å². The van der Waals surface area contributed by atoms with Gasteiger partial charge in [-0.3, -0.25) is 9.89 Å². The number of likely N-dealkylation sites (tertiary alicyclic amines) is 1. The lowest BCUT2D eigenvalue weighted by atomic mass is 9.85. The minimum absolute atomic E-state index is 0.401. The lowest BCUT2D eigenvalue weighted by molar-refractivity contribution is 0.122. The van der Waals surface area contributed by atoms with Gasteiger partial charge in [0.15, 0.2) is 5.96 Å². The van der Waals surface area contributed by atoms with E-state index in [-0.39, 0.29) is 0 Å². The molecule has 1 aliphatic heterocycles. The number of thiazole rings is 1. The molecule has 1 fully saturated rings. The van der Waals surface area contributed by atoms with Crippen molar-refractivity contribution in [3.8, 4) is 5.75 Å². The molecule has 0 spiro atoms. The summed E-state index contributed by atoms with van der Waals surface area (Å²) >= 11 is 1.70. The molecule has 2 N–H and O–H groups in total. The van der Waals surface area contributed by atoms with Gasteiger partial charge in [-0.05, 0) is 57.0 Å². The first-order chi connectivity index (χ1) is 14.1. The Hall–Kier alpha value is -2.12. The number of ether oxygens (including phenoxy) is 1. The number of aryl methyl sites for hydroxylation is 1. The van der Waals surface area contributed by atoms with Crippen LogP contribution in [0.5, 0.6) is 5.75 Å². The van der Waals surface area contributed by atoms with Crippen molar-refractivity contribution in [2.45, 2.75) is 32.2 Å². The van der Waals surface area contributed by atoms with Gasteiger partial charge in [0.25, 0.3) is 0 Å². The number of benzene rings is 1. The van der Waals surface area contributed by atoms with Gasteiger partial charge in [0.05, 0.1) is 17.8 Å². The molecule has 1 aromatic heterocycles. The fourth-order valence-electron chi connectivity index (χ4n) is 4.08. The molecule has 0 saturated carbocycles. The molecule has 2 atom stereocenters. The van der Waals surface area contributed by atoms with E-state index in [2.05, 4.69) is 62.2 Å². The summed E-state index contributed by atoms with van der Waals surface area (Å²) in [4.78, 5) is 11.4. The molecular formula is C22H33N5OS. The van der Waals surface area contributed by atoms with Crippen molar-refractivity contribution in [2.24, 2.45) is 10.9 Å². The van der Waals surface area contributed by atoms with Crippen molar-refractivity contribution < 1.29 is 4.74 Å². The van der Waals surface area contributed by atoms with Crippen LogP contribution < -0.4 is 15.4 Å². The summed E-state index contributed by atoms with van der Waals surface area (Å²) in [5.74, 6) is 2.29. The Morgan fingerprint density at radius 1 is 1.31 bits per heavy atom. The number of nitrogens with one attached hydrogen (secondary N) is 2. The number of methoxy groups -OCH3 is 1. The average molecular weight is 416 g/mol. The van der Waals surface area contributed by atoms with Crippen LogP contribution in [0.3, 0.4) is 0 Å². The molecule has 3 rings (SSSR count). The van der Waals surface area contributed by atoms with Crippen LogP contribution in [-0.2, 0) is 6.42 Å². The smallest absolute Gasteiger partial charge is 0.190 e. The second-order valence-corrected chi connectivity index (χ2v) is 8.65. The Morgan fingerprint density at radius 2 is 2.10 bits per heavy atom. The Balaban J connectivity index is 1.55. The normalized spacial score (nSPS) is 20.5. The molecule has 158 valence electrons. The first-order valence-corrected chi connectivity index (χ1v) is 11.2. The molecule has 0 aliphatic carbocycles. The van der Waals surface area contributed by atoms with Crippen molar-refractivity contribution in [3.63, 3.8) is 0 Å². The van der Waals surface area contributed by atoms with E-state index >= 15 is 0 Å². The number of hydrogen-bond acceptors (Lipinski definition) is 5. The first-order valence-electron chi connectivity index (χ1n) is 10.3. The second kappa shape index (κ2) is 10.6. The van der Waals surface area contributed by atoms with Gasteiger partial charge in [0.1, 0.15) is 5.75 Å². The molecule has 1 aromatic carbocycles. The third-order valence-electron chi connectivity index (χ3n) is 5.56. The SMILES string of the molecule is CN=C(NCCc1csc(C)n1)NCC1CCCN(C)C1c1ccc(OC)cc1. The zero-order chi connectivity index (χ0) is 20.6. The number of rotatable bonds is 7. The largest absolute Gasteiger partial charge is 0.497 e. The number of guanidine groups is 1. The van der Waals surface area contributed by atoms with E-state index in [0.29, 0.717) is 12.0 Å². The maximum absolute atomic E-state index is 5.32. The van der Waals surface area contributed by atoms with E-state index in [4.69, 9.17) is 4.74 Å². The maximum Gasteiger partial charge on any atom is 0.190 e. The van der Waals surface area contributed by atoms with Gasteiger partial charge >= 0.3 is 0 Å². The second-order valence-electron chi connectivity index (χ2n) is 7.59. The monoisotopic (exact) mass is 415 g/mol. The van der Waals surface area contributed by atoms with E-state index in [0.717, 1.165) is 48.5 Å². The van der Waals surface area contributed by atoms with Crippen molar-refractivity contribution in [1.82, 2.24) is 20.5 Å². The zero-order valence-electron chi connectivity index (χ0n) is 17.9. The van der Waals surface area contributed by atoms with Crippen molar-refractivity contribution in [3.05, 3.63) is 45.9 Å². The molecular weight excluding hydrogens is 382 g/mol. The molecule has 2 heterocycles. The number of nitrogens with zero attached hydrogens (tertiary/aromatic N) is 3. The Kier molecular flexibility index (Phi) is 7.89. The van der Waals surface area contributed by atoms with Gasteiger partial charge in [-0.1, -0.05) is 12.1 Å². The van der Waals surface area contributed by atoms with Gasteiger partial charge in [-0.15, -0.1) is 11.3 Å². The molecule has 0 bridgehead atoms. The molecule has 0 amide bonds. The molecule has 0 radical (unpaired) electrons. The highest BCUT2D eigenvalue weighted by Gasteiger charge is 2.30. The Morgan fingerprint density at radius 3 is 2.76 bits per heavy atom. The topological polar surface area (TPSA) is 61.8 Å². The summed E-state index contributed by atoms with van der Waals surface area (Å²) in [5.41, 5.74) is 2.49. The average Bonchev–Trinajstić information content (AvgIpc) is 3.15. The van der Waals surface area contributed by atoms with Crippen LogP contribution >= 0.6 is 11.3 Å². The minimum Gasteiger partial charge on any atom is -0.497 e. The maximum atomic E-state index is 5.32. The number of aromatic nitrogens is 1. The van der Waals surface area contributed by atoms with Gasteiger partial charge in [-0.2, -0.15) is 0 Å². The van der Waals surface area contributed by atoms with Crippen LogP contribution in [0.15, 0.2) is 34.6 Å². The van der Waals surface area contributed by atoms with Gasteiger partial charge in [0, 0.05) is 38.0 Å². The molecule has 29 heavy (non-hydrogen) atoms. The van der Waals surface area contributed by atoms with E-state index in [1.807, 2.05) is 14.0 Å². The lowest BCUT2D eigenvalue weighted by Crippen LogP contribution is -2.45. The predicted molar refractivity (Wildman–Crippen MR) is 121 cm³/mol. The van der Waals surface area contributed by atoms with Gasteiger partial charge in [-0.25, -0.2) is 4.98 Å². The zero-order valence-corrected chi connectivity index (χ0v) is 18.8. The highest BCUT2D eigenvalue weighted by Crippen LogP contribution is 2.35. The summed E-state index contributed by atoms with van der Waals surface area (Å²) in [6.45, 7) is 4.90. The predicted octanol–water partition coefficient (Wildman–Crippen LogP) is 3.25. The molecule has 7 heteroatoms. The third kappa shape index (κ3) is 5.93. The highest BCUT2D eigenvalue weighted by molar-refractivity contribution is 7.09. The highest BCUT2D eigenvalue weighted by atomic mass is 32.1. The minimum atomic E-state index is 0.401. The number of piperidine rings is 1. The standard InChI is InChI=1S/C22H33N5OS/c1-16-26-19(15-29-16)11-12-24-22(23-2)25-14-18-6-5-13-27(3)21(18)17-7-9-20(28-4)10-8-17/h7-10,15,18,21H,5-6,11-14H2,1-4H3,(H2,23,24,25). The summed E-state index contributed by atoms with van der Waals surface area (Å²) < 4.78 is 5.32. The van der Waals surface area contributed by atoms with Crippen molar-refractivity contribution in [1.29, 1.82) is 0 Å². The van der Waals surface area contributed by atoms with E-state index < -0.39 is 0 Å². The summed E-state index contributed by atoms with van der Waals surface area (Å²) in [6, 6.07) is 8.91. The third-order valence-corrected chi connectivity index (χ3v) is 6.38. The molecule has 2 unspecified atom stereocenters. The number of hydrogen-bond donors (Lipinski definition) is 2. The molecule has 2 aromatic rings. The first kappa shape index (κ1) is 21.6. The van der Waals surface area contributed by atoms with Crippen LogP contribution in [0.4, 0.5) is 0 Å². The lowest BCUT2D eigenvalue weighted by Gasteiger charge is -2.40. The molecule has 1 saturated heterocycles. The van der Waals surface area contributed by atoms with Gasteiger partial charge in [0.2, 0.25) is 0 Å². The van der Waals surface area contributed by atoms with E-state index in [1.54, 1.807) is 18.4 Å². The van der Waals surface area contributed by atoms with E-state index in [1.165, 1.54) is 18.4 Å². The van der Waals surface area contributed by atoms with Crippen molar-refractivity contribution >= 4 is 17.3 Å². The van der Waals surface area contributed by atoms with Crippen LogP contribution in [0.1, 0.15) is 35.1 Å². The van der Waals surface area contributed by atoms with Crippen LogP contribution in [0, 0.1) is 12.8 Å². The van der Waals surface area contributed by atoms with Crippen LogP contribution in [-0.4, -0.2) is 56.7 Å². The fourth-order valence-corrected chi connectivity index (χ4v) is 4.73. The quantitative estimate of drug-likeness (QED) is 0.537. The number of aliphatic imine (C=N–C) groups is 1. The van der Waals surface area contributed by atoms with Crippen LogP contribution in [0.25, 0.3) is 0 Å². The fraction of sp³-hybridized carbons (Fsp3) is 0.545. The van der Waals surface area contributed by atoms with Crippen molar-refractivity contribution in [2.75, 3.05) is 40.8 Å². The molecule has 1 aliphatic rings. The Labute approximate surface area is 178 Å². The summed E-state index contributed by atoms with van der Waals surface area (Å²) in [6.07, 6.45) is 3.35. The van der Waals surface area contributed by atoms with Crippen LogP contribution in [0.2, 0.25) is 0 Å².